The topological polar surface area (TPSA) is 74.7 Å². The number of nitrogens with two attached hydrogens (primary N) is 1. The molecule has 3 N–H and O–H groups in total. The Hall–Kier alpha value is -2.06. The van der Waals surface area contributed by atoms with Crippen molar-refractivity contribution in [3.8, 4) is 6.07 Å². The van der Waals surface area contributed by atoms with Crippen LogP contribution in [0.15, 0.2) is 30.3 Å². The Labute approximate surface area is 110 Å². The summed E-state index contributed by atoms with van der Waals surface area (Å²) in [4.78, 5) is 0. The van der Waals surface area contributed by atoms with Gasteiger partial charge in [0, 0.05) is 6.04 Å². The minimum absolute atomic E-state index is 0.222. The number of nitrogen functional groups attached to an aromatic ring is 1. The molecule has 18 heavy (non-hydrogen) atoms. The highest BCUT2D eigenvalue weighted by Crippen LogP contribution is 2.26. The van der Waals surface area contributed by atoms with Crippen molar-refractivity contribution >= 4 is 22.4 Å². The molecule has 0 saturated heterocycles. The van der Waals surface area contributed by atoms with E-state index in [0.29, 0.717) is 11.4 Å². The molecule has 92 valence electrons. The number of hydrogen-bond donors (Lipinski definition) is 2. The number of anilines is 2. The Bertz CT molecular complexity index is 556. The summed E-state index contributed by atoms with van der Waals surface area (Å²) in [5, 5.41) is 13.0. The maximum Gasteiger partial charge on any atom is 0.157 e. The normalized spacial score (nSPS) is 11.8. The lowest BCUT2D eigenvalue weighted by Crippen LogP contribution is -2.17. The first-order valence-corrected chi connectivity index (χ1v) is 6.43. The Morgan fingerprint density at radius 1 is 1.44 bits per heavy atom. The third-order valence-corrected chi connectivity index (χ3v) is 3.39. The molecule has 1 heterocycles. The molecule has 1 aromatic heterocycles. The van der Waals surface area contributed by atoms with Gasteiger partial charge in [-0.15, -0.1) is 0 Å². The van der Waals surface area contributed by atoms with Gasteiger partial charge < -0.3 is 11.1 Å². The third-order valence-electron chi connectivity index (χ3n) is 2.59. The quantitative estimate of drug-likeness (QED) is 0.884. The van der Waals surface area contributed by atoms with Gasteiger partial charge in [-0.25, -0.2) is 0 Å². The number of rotatable bonds is 4. The summed E-state index contributed by atoms with van der Waals surface area (Å²) in [5.41, 5.74) is 7.32. The van der Waals surface area contributed by atoms with Crippen molar-refractivity contribution in [1.29, 1.82) is 5.26 Å². The number of nitriles is 1. The number of hydrogen-bond acceptors (Lipinski definition) is 5. The van der Waals surface area contributed by atoms with Crippen LogP contribution in [-0.2, 0) is 6.42 Å². The monoisotopic (exact) mass is 258 g/mol. The summed E-state index contributed by atoms with van der Waals surface area (Å²) in [5.74, 6) is 0.303. The van der Waals surface area contributed by atoms with Crippen molar-refractivity contribution < 1.29 is 0 Å². The van der Waals surface area contributed by atoms with E-state index in [0.717, 1.165) is 11.4 Å². The van der Waals surface area contributed by atoms with Crippen molar-refractivity contribution in [2.75, 3.05) is 11.1 Å². The SMILES string of the molecule is CC(Cc1ccccc1)Nc1snc(N)c1C#N. The molecular formula is C13H14N4S. The summed E-state index contributed by atoms with van der Waals surface area (Å²) >= 11 is 1.23. The predicted molar refractivity (Wildman–Crippen MR) is 74.5 cm³/mol. The van der Waals surface area contributed by atoms with Gasteiger partial charge in [-0.1, -0.05) is 30.3 Å². The van der Waals surface area contributed by atoms with E-state index in [2.05, 4.69) is 34.8 Å². The van der Waals surface area contributed by atoms with Crippen LogP contribution in [0.3, 0.4) is 0 Å². The highest BCUT2D eigenvalue weighted by atomic mass is 32.1. The van der Waals surface area contributed by atoms with Crippen LogP contribution in [0.2, 0.25) is 0 Å². The van der Waals surface area contributed by atoms with Gasteiger partial charge in [0.05, 0.1) is 0 Å². The lowest BCUT2D eigenvalue weighted by atomic mass is 10.1. The van der Waals surface area contributed by atoms with E-state index < -0.39 is 0 Å². The minimum Gasteiger partial charge on any atom is -0.382 e. The molecule has 0 fully saturated rings. The summed E-state index contributed by atoms with van der Waals surface area (Å²) in [6.45, 7) is 2.07. The number of aromatic nitrogens is 1. The van der Waals surface area contributed by atoms with E-state index in [-0.39, 0.29) is 6.04 Å². The smallest absolute Gasteiger partial charge is 0.157 e. The molecule has 4 nitrogen and oxygen atoms in total. The Morgan fingerprint density at radius 2 is 2.17 bits per heavy atom. The number of benzene rings is 1. The maximum atomic E-state index is 8.99. The van der Waals surface area contributed by atoms with Crippen LogP contribution < -0.4 is 11.1 Å². The van der Waals surface area contributed by atoms with Crippen LogP contribution in [0.25, 0.3) is 0 Å². The summed E-state index contributed by atoms with van der Waals surface area (Å²) < 4.78 is 3.98. The molecule has 0 saturated carbocycles. The molecule has 1 unspecified atom stereocenters. The van der Waals surface area contributed by atoms with Gasteiger partial charge in [0.15, 0.2) is 5.82 Å². The van der Waals surface area contributed by atoms with Crippen LogP contribution in [0.1, 0.15) is 18.1 Å². The van der Waals surface area contributed by atoms with Gasteiger partial charge >= 0.3 is 0 Å². The average molecular weight is 258 g/mol. The number of nitrogens with zero attached hydrogens (tertiary/aromatic N) is 2. The van der Waals surface area contributed by atoms with Crippen LogP contribution in [0.5, 0.6) is 0 Å². The molecular weight excluding hydrogens is 244 g/mol. The molecule has 2 rings (SSSR count). The van der Waals surface area contributed by atoms with Crippen LogP contribution in [0.4, 0.5) is 10.8 Å². The van der Waals surface area contributed by atoms with E-state index in [4.69, 9.17) is 11.0 Å². The lowest BCUT2D eigenvalue weighted by molar-refractivity contribution is 0.793. The average Bonchev–Trinajstić information content (AvgIpc) is 2.71. The molecule has 0 aliphatic carbocycles. The largest absolute Gasteiger partial charge is 0.382 e. The zero-order chi connectivity index (χ0) is 13.0. The Balaban J connectivity index is 2.04. The van der Waals surface area contributed by atoms with Crippen molar-refractivity contribution in [2.24, 2.45) is 0 Å². The molecule has 1 atom stereocenters. The molecule has 0 aliphatic heterocycles. The fraction of sp³-hybridized carbons (Fsp3) is 0.231. The standard InChI is InChI=1S/C13H14N4S/c1-9(7-10-5-3-2-4-6-10)16-13-11(8-14)12(15)17-18-13/h2-6,9,16H,7H2,1H3,(H2,15,17). The molecule has 5 heteroatoms. The minimum atomic E-state index is 0.222. The predicted octanol–water partition coefficient (Wildman–Crippen LogP) is 2.64. The molecule has 1 aromatic carbocycles. The Morgan fingerprint density at radius 3 is 2.83 bits per heavy atom. The van der Waals surface area contributed by atoms with Crippen molar-refractivity contribution in [1.82, 2.24) is 4.37 Å². The fourth-order valence-corrected chi connectivity index (χ4v) is 2.53. The maximum absolute atomic E-state index is 8.99. The zero-order valence-electron chi connectivity index (χ0n) is 10.1. The van der Waals surface area contributed by atoms with E-state index in [1.165, 1.54) is 17.1 Å². The second-order valence-electron chi connectivity index (χ2n) is 4.12. The molecule has 0 spiro atoms. The lowest BCUT2D eigenvalue weighted by Gasteiger charge is -2.13. The van der Waals surface area contributed by atoms with E-state index in [1.807, 2.05) is 18.2 Å². The third kappa shape index (κ3) is 2.79. The first kappa shape index (κ1) is 12.4. The first-order chi connectivity index (χ1) is 8.70. The van der Waals surface area contributed by atoms with E-state index >= 15 is 0 Å². The van der Waals surface area contributed by atoms with Gasteiger partial charge in [0.25, 0.3) is 0 Å². The van der Waals surface area contributed by atoms with E-state index in [1.54, 1.807) is 0 Å². The molecule has 0 aliphatic rings. The molecule has 2 aromatic rings. The highest BCUT2D eigenvalue weighted by Gasteiger charge is 2.13. The van der Waals surface area contributed by atoms with E-state index in [9.17, 15) is 0 Å². The second kappa shape index (κ2) is 5.52. The fourth-order valence-electron chi connectivity index (χ4n) is 1.75. The summed E-state index contributed by atoms with van der Waals surface area (Å²) in [6, 6.07) is 12.5. The van der Waals surface area contributed by atoms with Gasteiger partial charge in [-0.3, -0.25) is 0 Å². The highest BCUT2D eigenvalue weighted by molar-refractivity contribution is 7.10. The second-order valence-corrected chi connectivity index (χ2v) is 4.89. The van der Waals surface area contributed by atoms with Crippen molar-refractivity contribution in [2.45, 2.75) is 19.4 Å². The molecule has 0 radical (unpaired) electrons. The van der Waals surface area contributed by atoms with Crippen LogP contribution in [-0.4, -0.2) is 10.4 Å². The van der Waals surface area contributed by atoms with Crippen molar-refractivity contribution in [3.63, 3.8) is 0 Å². The molecule has 0 amide bonds. The van der Waals surface area contributed by atoms with Crippen molar-refractivity contribution in [3.05, 3.63) is 41.5 Å². The van der Waals surface area contributed by atoms with Crippen LogP contribution in [0, 0.1) is 11.3 Å². The number of nitrogens with one attached hydrogen (secondary N) is 1. The van der Waals surface area contributed by atoms with Gasteiger partial charge in [-0.05, 0) is 30.4 Å². The Kier molecular flexibility index (Phi) is 3.80. The zero-order valence-corrected chi connectivity index (χ0v) is 10.9. The summed E-state index contributed by atoms with van der Waals surface area (Å²) in [6.07, 6.45) is 0.892. The molecule has 0 bridgehead atoms. The van der Waals surface area contributed by atoms with Gasteiger partial charge in [0.2, 0.25) is 0 Å². The van der Waals surface area contributed by atoms with Gasteiger partial charge in [-0.2, -0.15) is 9.64 Å². The first-order valence-electron chi connectivity index (χ1n) is 5.66. The van der Waals surface area contributed by atoms with Crippen LogP contribution >= 0.6 is 11.5 Å². The van der Waals surface area contributed by atoms with Gasteiger partial charge in [0.1, 0.15) is 16.6 Å². The summed E-state index contributed by atoms with van der Waals surface area (Å²) in [7, 11) is 0.